The van der Waals surface area contributed by atoms with Crippen LogP contribution in [-0.4, -0.2) is 26.2 Å². The number of alkyl halides is 3. The molecule has 0 aliphatic heterocycles. The second-order valence-corrected chi connectivity index (χ2v) is 3.84. The minimum absolute atomic E-state index is 0.0382. The van der Waals surface area contributed by atoms with E-state index in [1.54, 1.807) is 20.8 Å². The van der Waals surface area contributed by atoms with Crippen LogP contribution in [0.5, 0.6) is 0 Å². The first-order valence-electron chi connectivity index (χ1n) is 5.65. The summed E-state index contributed by atoms with van der Waals surface area (Å²) in [5.74, 6) is 0. The average molecular weight is 242 g/mol. The van der Waals surface area contributed by atoms with E-state index in [0.29, 0.717) is 13.0 Å². The first kappa shape index (κ1) is 15.7. The Labute approximate surface area is 95.1 Å². The summed E-state index contributed by atoms with van der Waals surface area (Å²) in [6.45, 7) is 5.12. The number of ether oxygens (including phenoxy) is 2. The van der Waals surface area contributed by atoms with Gasteiger partial charge in [0.1, 0.15) is 6.79 Å². The molecule has 0 amide bonds. The van der Waals surface area contributed by atoms with Crippen LogP contribution in [0.3, 0.4) is 0 Å². The lowest BCUT2D eigenvalue weighted by Crippen LogP contribution is -2.41. The van der Waals surface area contributed by atoms with Crippen molar-refractivity contribution >= 4 is 0 Å². The molecule has 16 heavy (non-hydrogen) atoms. The predicted molar refractivity (Wildman–Crippen MR) is 56.1 cm³/mol. The Balaban J connectivity index is 4.40. The fraction of sp³-hybridized carbons (Fsp3) is 1.00. The average Bonchev–Trinajstić information content (AvgIpc) is 2.21. The summed E-state index contributed by atoms with van der Waals surface area (Å²) in [6, 6.07) is 0. The van der Waals surface area contributed by atoms with Gasteiger partial charge in [-0.25, -0.2) is 0 Å². The molecule has 0 fully saturated rings. The first-order chi connectivity index (χ1) is 7.43. The van der Waals surface area contributed by atoms with E-state index < -0.39 is 11.6 Å². The molecule has 0 aromatic rings. The standard InChI is InChI=1S/C11H21F3O2/c1-4-7-10(5-2,11(12,13)14)8-16-9-15-6-3/h4-9H2,1-3H3. The molecule has 0 spiro atoms. The van der Waals surface area contributed by atoms with Crippen LogP contribution in [0, 0.1) is 5.41 Å². The molecule has 98 valence electrons. The first-order valence-corrected chi connectivity index (χ1v) is 5.65. The number of hydrogen-bond acceptors (Lipinski definition) is 2. The molecule has 0 heterocycles. The van der Waals surface area contributed by atoms with Crippen molar-refractivity contribution in [1.29, 1.82) is 0 Å². The van der Waals surface area contributed by atoms with Crippen molar-refractivity contribution in [2.24, 2.45) is 5.41 Å². The molecule has 0 radical (unpaired) electrons. The summed E-state index contributed by atoms with van der Waals surface area (Å²) >= 11 is 0. The van der Waals surface area contributed by atoms with E-state index in [1.807, 2.05) is 0 Å². The zero-order chi connectivity index (χ0) is 12.7. The zero-order valence-electron chi connectivity index (χ0n) is 10.2. The molecule has 1 unspecified atom stereocenters. The highest BCUT2D eigenvalue weighted by Gasteiger charge is 2.52. The minimum atomic E-state index is -4.22. The highest BCUT2D eigenvalue weighted by molar-refractivity contribution is 4.85. The van der Waals surface area contributed by atoms with Crippen LogP contribution in [0.25, 0.3) is 0 Å². The molecule has 0 aliphatic rings. The third-order valence-corrected chi connectivity index (χ3v) is 2.76. The molecule has 0 saturated heterocycles. The van der Waals surface area contributed by atoms with Crippen molar-refractivity contribution in [2.75, 3.05) is 20.0 Å². The molecular weight excluding hydrogens is 221 g/mol. The van der Waals surface area contributed by atoms with Gasteiger partial charge in [0.25, 0.3) is 0 Å². The van der Waals surface area contributed by atoms with Crippen LogP contribution < -0.4 is 0 Å². The second-order valence-electron chi connectivity index (χ2n) is 3.84. The Bertz CT molecular complexity index is 183. The Morgan fingerprint density at radius 2 is 1.62 bits per heavy atom. The Hall–Kier alpha value is -0.290. The fourth-order valence-corrected chi connectivity index (χ4v) is 1.63. The van der Waals surface area contributed by atoms with E-state index in [4.69, 9.17) is 9.47 Å². The molecule has 0 aromatic carbocycles. The van der Waals surface area contributed by atoms with E-state index >= 15 is 0 Å². The lowest BCUT2D eigenvalue weighted by molar-refractivity contribution is -0.251. The van der Waals surface area contributed by atoms with Crippen molar-refractivity contribution in [3.63, 3.8) is 0 Å². The van der Waals surface area contributed by atoms with Gasteiger partial charge < -0.3 is 9.47 Å². The molecule has 0 saturated carbocycles. The minimum Gasteiger partial charge on any atom is -0.356 e. The van der Waals surface area contributed by atoms with Gasteiger partial charge in [0.15, 0.2) is 0 Å². The summed E-state index contributed by atoms with van der Waals surface area (Å²) in [5.41, 5.74) is -1.72. The van der Waals surface area contributed by atoms with Crippen molar-refractivity contribution in [1.82, 2.24) is 0 Å². The van der Waals surface area contributed by atoms with Crippen molar-refractivity contribution in [3.8, 4) is 0 Å². The topological polar surface area (TPSA) is 18.5 Å². The SMILES string of the molecule is CCCC(CC)(COCOCC)C(F)(F)F. The van der Waals surface area contributed by atoms with E-state index in [2.05, 4.69) is 0 Å². The maximum absolute atomic E-state index is 13.0. The highest BCUT2D eigenvalue weighted by atomic mass is 19.4. The van der Waals surface area contributed by atoms with Crippen molar-refractivity contribution < 1.29 is 22.6 Å². The lowest BCUT2D eigenvalue weighted by atomic mass is 9.81. The van der Waals surface area contributed by atoms with Crippen LogP contribution in [0.15, 0.2) is 0 Å². The molecule has 0 rings (SSSR count). The Morgan fingerprint density at radius 3 is 2.00 bits per heavy atom. The highest BCUT2D eigenvalue weighted by Crippen LogP contribution is 2.44. The second kappa shape index (κ2) is 7.12. The smallest absolute Gasteiger partial charge is 0.356 e. The van der Waals surface area contributed by atoms with Crippen LogP contribution in [0.1, 0.15) is 40.0 Å². The van der Waals surface area contributed by atoms with Gasteiger partial charge in [-0.15, -0.1) is 0 Å². The van der Waals surface area contributed by atoms with Gasteiger partial charge in [-0.3, -0.25) is 0 Å². The molecule has 5 heteroatoms. The van der Waals surface area contributed by atoms with Gasteiger partial charge in [-0.05, 0) is 19.8 Å². The third kappa shape index (κ3) is 4.29. The third-order valence-electron chi connectivity index (χ3n) is 2.76. The van der Waals surface area contributed by atoms with Crippen molar-refractivity contribution in [2.45, 2.75) is 46.2 Å². The summed E-state index contributed by atoms with van der Waals surface area (Å²) in [5, 5.41) is 0. The summed E-state index contributed by atoms with van der Waals surface area (Å²) in [7, 11) is 0. The van der Waals surface area contributed by atoms with E-state index in [-0.39, 0.29) is 26.2 Å². The van der Waals surface area contributed by atoms with Gasteiger partial charge in [-0.1, -0.05) is 20.3 Å². The van der Waals surface area contributed by atoms with Gasteiger partial charge in [0.2, 0.25) is 0 Å². The monoisotopic (exact) mass is 242 g/mol. The van der Waals surface area contributed by atoms with Gasteiger partial charge in [0.05, 0.1) is 12.0 Å². The number of halogens is 3. The van der Waals surface area contributed by atoms with Crippen LogP contribution in [0.4, 0.5) is 13.2 Å². The Kier molecular flexibility index (Phi) is 6.99. The van der Waals surface area contributed by atoms with Gasteiger partial charge in [0, 0.05) is 6.61 Å². The van der Waals surface area contributed by atoms with Gasteiger partial charge >= 0.3 is 6.18 Å². The lowest BCUT2D eigenvalue weighted by Gasteiger charge is -2.34. The van der Waals surface area contributed by atoms with Crippen LogP contribution in [0.2, 0.25) is 0 Å². The van der Waals surface area contributed by atoms with E-state index in [9.17, 15) is 13.2 Å². The Morgan fingerprint density at radius 1 is 1.00 bits per heavy atom. The number of hydrogen-bond donors (Lipinski definition) is 0. The van der Waals surface area contributed by atoms with E-state index in [0.717, 1.165) is 0 Å². The number of rotatable bonds is 8. The maximum Gasteiger partial charge on any atom is 0.396 e. The summed E-state index contributed by atoms with van der Waals surface area (Å²) < 4.78 is 48.7. The van der Waals surface area contributed by atoms with Crippen LogP contribution >= 0.6 is 0 Å². The fourth-order valence-electron chi connectivity index (χ4n) is 1.63. The predicted octanol–water partition coefficient (Wildman–Crippen LogP) is 3.76. The molecule has 2 nitrogen and oxygen atoms in total. The maximum atomic E-state index is 13.0. The molecule has 0 bridgehead atoms. The zero-order valence-corrected chi connectivity index (χ0v) is 10.2. The molecule has 1 atom stereocenters. The molecular formula is C11H21F3O2. The normalized spacial score (nSPS) is 16.1. The van der Waals surface area contributed by atoms with Crippen molar-refractivity contribution in [3.05, 3.63) is 0 Å². The molecule has 0 N–H and O–H groups in total. The quantitative estimate of drug-likeness (QED) is 0.476. The largest absolute Gasteiger partial charge is 0.396 e. The van der Waals surface area contributed by atoms with Crippen LogP contribution in [-0.2, 0) is 9.47 Å². The summed E-state index contributed by atoms with van der Waals surface area (Å²) in [4.78, 5) is 0. The summed E-state index contributed by atoms with van der Waals surface area (Å²) in [6.07, 6.45) is -3.59. The molecule has 0 aromatic heterocycles. The van der Waals surface area contributed by atoms with Gasteiger partial charge in [-0.2, -0.15) is 13.2 Å². The van der Waals surface area contributed by atoms with E-state index in [1.165, 1.54) is 0 Å². The molecule has 0 aliphatic carbocycles.